The zero-order valence-corrected chi connectivity index (χ0v) is 10.2. The molecule has 1 amide bonds. The second-order valence-corrected chi connectivity index (χ2v) is 6.04. The molecule has 4 heteroatoms. The smallest absolute Gasteiger partial charge is 0.230 e. The molecule has 3 nitrogen and oxygen atoms in total. The van der Waals surface area contributed by atoms with E-state index in [1.807, 2.05) is 16.7 Å². The fraction of sp³-hybridized carbons (Fsp3) is 0.909. The summed E-state index contributed by atoms with van der Waals surface area (Å²) in [7, 11) is 0. The molecule has 0 spiro atoms. The summed E-state index contributed by atoms with van der Waals surface area (Å²) in [5.41, 5.74) is 5.54. The lowest BCUT2D eigenvalue weighted by Crippen LogP contribution is -2.47. The summed E-state index contributed by atoms with van der Waals surface area (Å²) in [5.74, 6) is 1.41. The van der Waals surface area contributed by atoms with E-state index in [1.165, 1.54) is 0 Å². The molecule has 2 N–H and O–H groups in total. The third-order valence-electron chi connectivity index (χ3n) is 3.58. The zero-order chi connectivity index (χ0) is 10.9. The van der Waals surface area contributed by atoms with Gasteiger partial charge in [0.1, 0.15) is 0 Å². The number of hydrogen-bond donors (Lipinski definition) is 1. The highest BCUT2D eigenvalue weighted by atomic mass is 32.2. The number of nitrogens with two attached hydrogens (primary N) is 1. The topological polar surface area (TPSA) is 46.3 Å². The molecule has 0 bridgehead atoms. The van der Waals surface area contributed by atoms with Crippen LogP contribution in [0.4, 0.5) is 0 Å². The Morgan fingerprint density at radius 2 is 2.33 bits per heavy atom. The number of carbonyl (C=O) groups is 1. The highest BCUT2D eigenvalue weighted by Gasteiger charge is 2.50. The first kappa shape index (κ1) is 11.3. The van der Waals surface area contributed by atoms with E-state index < -0.39 is 0 Å². The van der Waals surface area contributed by atoms with Gasteiger partial charge in [-0.15, -0.1) is 0 Å². The van der Waals surface area contributed by atoms with Gasteiger partial charge in [-0.3, -0.25) is 4.79 Å². The summed E-state index contributed by atoms with van der Waals surface area (Å²) in [6.45, 7) is 4.58. The Labute approximate surface area is 95.8 Å². The van der Waals surface area contributed by atoms with E-state index in [0.29, 0.717) is 17.7 Å². The summed E-state index contributed by atoms with van der Waals surface area (Å²) in [4.78, 5) is 14.3. The fourth-order valence-corrected chi connectivity index (χ4v) is 3.32. The molecule has 1 heterocycles. The van der Waals surface area contributed by atoms with Gasteiger partial charge in [0.05, 0.1) is 5.41 Å². The van der Waals surface area contributed by atoms with Crippen LogP contribution in [-0.2, 0) is 4.79 Å². The Bertz CT molecular complexity index is 253. The molecule has 1 saturated carbocycles. The van der Waals surface area contributed by atoms with Crippen molar-refractivity contribution >= 4 is 17.7 Å². The van der Waals surface area contributed by atoms with E-state index in [1.54, 1.807) is 0 Å². The van der Waals surface area contributed by atoms with Gasteiger partial charge in [-0.25, -0.2) is 0 Å². The van der Waals surface area contributed by atoms with Crippen molar-refractivity contribution in [3.8, 4) is 0 Å². The number of rotatable bonds is 3. The van der Waals surface area contributed by atoms with Crippen LogP contribution in [0.2, 0.25) is 0 Å². The number of nitrogens with zero attached hydrogens (tertiary/aromatic N) is 1. The Morgan fingerprint density at radius 1 is 1.60 bits per heavy atom. The average molecular weight is 228 g/mol. The van der Waals surface area contributed by atoms with Crippen molar-refractivity contribution in [3.05, 3.63) is 0 Å². The predicted octanol–water partition coefficient (Wildman–Crippen LogP) is 1.08. The van der Waals surface area contributed by atoms with Gasteiger partial charge in [0, 0.05) is 30.6 Å². The third-order valence-corrected chi connectivity index (χ3v) is 4.95. The van der Waals surface area contributed by atoms with E-state index >= 15 is 0 Å². The minimum atomic E-state index is -0.152. The monoisotopic (exact) mass is 228 g/mol. The minimum Gasteiger partial charge on any atom is -0.340 e. The van der Waals surface area contributed by atoms with Crippen molar-refractivity contribution in [3.63, 3.8) is 0 Å². The van der Waals surface area contributed by atoms with Crippen LogP contribution < -0.4 is 5.73 Å². The van der Waals surface area contributed by atoms with Crippen molar-refractivity contribution < 1.29 is 4.79 Å². The average Bonchev–Trinajstić information content (AvgIpc) is 3.09. The van der Waals surface area contributed by atoms with Crippen molar-refractivity contribution in [2.24, 2.45) is 11.1 Å². The quantitative estimate of drug-likeness (QED) is 0.786. The maximum atomic E-state index is 12.2. The summed E-state index contributed by atoms with van der Waals surface area (Å²) >= 11 is 2.00. The predicted molar refractivity (Wildman–Crippen MR) is 63.8 cm³/mol. The first-order valence-electron chi connectivity index (χ1n) is 5.83. The number of carbonyl (C=O) groups excluding carboxylic acids is 1. The molecule has 1 aliphatic heterocycles. The van der Waals surface area contributed by atoms with Crippen LogP contribution >= 0.6 is 11.8 Å². The van der Waals surface area contributed by atoms with Crippen molar-refractivity contribution in [2.75, 3.05) is 25.4 Å². The molecule has 0 aromatic heterocycles. The molecule has 2 rings (SSSR count). The molecule has 2 aliphatic rings. The van der Waals surface area contributed by atoms with Gasteiger partial charge in [0.2, 0.25) is 5.91 Å². The molecule has 1 unspecified atom stereocenters. The third kappa shape index (κ3) is 2.16. The SMILES string of the molecule is CCC1CN(C(=O)C2(CN)CC2)CCS1. The molecule has 1 atom stereocenters. The lowest BCUT2D eigenvalue weighted by molar-refractivity contribution is -0.136. The van der Waals surface area contributed by atoms with Gasteiger partial charge >= 0.3 is 0 Å². The number of amides is 1. The van der Waals surface area contributed by atoms with Crippen LogP contribution in [0.3, 0.4) is 0 Å². The molecule has 15 heavy (non-hydrogen) atoms. The number of thioether (sulfide) groups is 1. The number of hydrogen-bond acceptors (Lipinski definition) is 3. The molecular weight excluding hydrogens is 208 g/mol. The second-order valence-electron chi connectivity index (χ2n) is 4.64. The Balaban J connectivity index is 1.95. The van der Waals surface area contributed by atoms with Crippen LogP contribution in [0, 0.1) is 5.41 Å². The van der Waals surface area contributed by atoms with Crippen LogP contribution in [-0.4, -0.2) is 41.4 Å². The first-order chi connectivity index (χ1) is 7.22. The maximum Gasteiger partial charge on any atom is 0.230 e. The minimum absolute atomic E-state index is 0.152. The summed E-state index contributed by atoms with van der Waals surface area (Å²) in [6.07, 6.45) is 3.16. The van der Waals surface area contributed by atoms with E-state index in [2.05, 4.69) is 6.92 Å². The highest BCUT2D eigenvalue weighted by Crippen LogP contribution is 2.46. The molecule has 1 saturated heterocycles. The molecule has 86 valence electrons. The lowest BCUT2D eigenvalue weighted by Gasteiger charge is -2.34. The second kappa shape index (κ2) is 4.34. The summed E-state index contributed by atoms with van der Waals surface area (Å²) in [6, 6.07) is 0. The largest absolute Gasteiger partial charge is 0.340 e. The maximum absolute atomic E-state index is 12.2. The van der Waals surface area contributed by atoms with Gasteiger partial charge in [0.15, 0.2) is 0 Å². The van der Waals surface area contributed by atoms with Gasteiger partial charge < -0.3 is 10.6 Å². The molecule has 2 fully saturated rings. The molecular formula is C11H20N2OS. The van der Waals surface area contributed by atoms with Crippen LogP contribution in [0.1, 0.15) is 26.2 Å². The Hall–Kier alpha value is -0.220. The normalized spacial score (nSPS) is 28.9. The molecule has 0 aromatic carbocycles. The van der Waals surface area contributed by atoms with Gasteiger partial charge in [-0.2, -0.15) is 11.8 Å². The summed E-state index contributed by atoms with van der Waals surface area (Å²) in [5, 5.41) is 0.635. The zero-order valence-electron chi connectivity index (χ0n) is 9.37. The standard InChI is InChI=1S/C11H20N2OS/c1-2-9-7-13(5-6-15-9)10(14)11(8-12)3-4-11/h9H,2-8,12H2,1H3. The van der Waals surface area contributed by atoms with Crippen LogP contribution in [0.5, 0.6) is 0 Å². The van der Waals surface area contributed by atoms with E-state index in [0.717, 1.165) is 38.1 Å². The van der Waals surface area contributed by atoms with Crippen LogP contribution in [0.15, 0.2) is 0 Å². The van der Waals surface area contributed by atoms with E-state index in [4.69, 9.17) is 5.73 Å². The van der Waals surface area contributed by atoms with Gasteiger partial charge in [-0.1, -0.05) is 6.92 Å². The Kier molecular flexibility index (Phi) is 3.26. The Morgan fingerprint density at radius 3 is 2.87 bits per heavy atom. The fourth-order valence-electron chi connectivity index (χ4n) is 2.14. The van der Waals surface area contributed by atoms with Crippen molar-refractivity contribution in [1.82, 2.24) is 4.90 Å². The molecule has 0 radical (unpaired) electrons. The van der Waals surface area contributed by atoms with Gasteiger partial charge in [-0.05, 0) is 19.3 Å². The van der Waals surface area contributed by atoms with E-state index in [-0.39, 0.29) is 5.41 Å². The highest BCUT2D eigenvalue weighted by molar-refractivity contribution is 8.00. The first-order valence-corrected chi connectivity index (χ1v) is 6.88. The van der Waals surface area contributed by atoms with Crippen molar-refractivity contribution in [1.29, 1.82) is 0 Å². The lowest BCUT2D eigenvalue weighted by atomic mass is 10.1. The van der Waals surface area contributed by atoms with Crippen LogP contribution in [0.25, 0.3) is 0 Å². The molecule has 1 aliphatic carbocycles. The molecule has 0 aromatic rings. The summed E-state index contributed by atoms with van der Waals surface area (Å²) < 4.78 is 0. The van der Waals surface area contributed by atoms with Crippen molar-refractivity contribution in [2.45, 2.75) is 31.4 Å². The van der Waals surface area contributed by atoms with E-state index in [9.17, 15) is 4.79 Å². The van der Waals surface area contributed by atoms with Gasteiger partial charge in [0.25, 0.3) is 0 Å².